The molecule has 0 saturated carbocycles. The maximum atomic E-state index is 12.2. The van der Waals surface area contributed by atoms with E-state index in [9.17, 15) is 9.90 Å². The molecule has 0 spiro atoms. The number of amides is 2. The molecule has 3 rings (SSSR count). The van der Waals surface area contributed by atoms with Crippen LogP contribution in [0.2, 0.25) is 0 Å². The number of benzene rings is 3. The minimum atomic E-state index is -1.20. The van der Waals surface area contributed by atoms with Crippen LogP contribution >= 0.6 is 0 Å². The monoisotopic (exact) mass is 376 g/mol. The number of anilines is 1. The number of hydrogen-bond donors (Lipinski definition) is 3. The van der Waals surface area contributed by atoms with Crippen LogP contribution in [-0.4, -0.2) is 24.8 Å². The number of carbonyl (C=O) groups excluding carboxylic acids is 1. The second-order valence-corrected chi connectivity index (χ2v) is 6.73. The Morgan fingerprint density at radius 3 is 2.21 bits per heavy atom. The Labute approximate surface area is 165 Å². The lowest BCUT2D eigenvalue weighted by atomic mass is 9.94. The molecule has 5 nitrogen and oxygen atoms in total. The van der Waals surface area contributed by atoms with Crippen molar-refractivity contribution in [3.05, 3.63) is 84.4 Å². The van der Waals surface area contributed by atoms with Crippen molar-refractivity contribution in [2.75, 3.05) is 19.0 Å². The minimum Gasteiger partial charge on any atom is -0.495 e. The van der Waals surface area contributed by atoms with Crippen LogP contribution in [0.5, 0.6) is 5.75 Å². The number of carbonyl (C=O) groups is 1. The molecule has 0 saturated heterocycles. The molecular weight excluding hydrogens is 352 g/mol. The van der Waals surface area contributed by atoms with Crippen molar-refractivity contribution < 1.29 is 14.6 Å². The maximum absolute atomic E-state index is 12.2. The van der Waals surface area contributed by atoms with Crippen LogP contribution in [0, 0.1) is 0 Å². The number of hydrogen-bond acceptors (Lipinski definition) is 3. The second-order valence-electron chi connectivity index (χ2n) is 6.73. The number of aliphatic hydroxyl groups is 1. The van der Waals surface area contributed by atoms with Gasteiger partial charge in [0.1, 0.15) is 11.4 Å². The molecule has 0 heterocycles. The normalized spacial score (nSPS) is 12.7. The molecule has 0 aromatic heterocycles. The van der Waals surface area contributed by atoms with Gasteiger partial charge in [0, 0.05) is 0 Å². The molecule has 3 N–H and O–H groups in total. The molecule has 144 valence electrons. The van der Waals surface area contributed by atoms with Gasteiger partial charge in [0.05, 0.1) is 19.3 Å². The third kappa shape index (κ3) is 4.69. The summed E-state index contributed by atoms with van der Waals surface area (Å²) in [5.74, 6) is 0.570. The van der Waals surface area contributed by atoms with E-state index >= 15 is 0 Å². The molecule has 1 unspecified atom stereocenters. The average molecular weight is 376 g/mol. The molecule has 28 heavy (non-hydrogen) atoms. The van der Waals surface area contributed by atoms with E-state index < -0.39 is 11.6 Å². The highest BCUT2D eigenvalue weighted by Crippen LogP contribution is 2.25. The van der Waals surface area contributed by atoms with E-state index in [0.717, 1.165) is 16.7 Å². The lowest BCUT2D eigenvalue weighted by molar-refractivity contribution is 0.0600. The predicted molar refractivity (Wildman–Crippen MR) is 111 cm³/mol. The molecule has 0 aliphatic carbocycles. The number of ether oxygens (including phenoxy) is 1. The van der Waals surface area contributed by atoms with Crippen molar-refractivity contribution in [1.82, 2.24) is 5.32 Å². The Morgan fingerprint density at radius 1 is 0.929 bits per heavy atom. The smallest absolute Gasteiger partial charge is 0.319 e. The number of urea groups is 1. The molecule has 3 aromatic rings. The molecule has 0 radical (unpaired) electrons. The minimum absolute atomic E-state index is 0.0681. The van der Waals surface area contributed by atoms with Crippen molar-refractivity contribution >= 4 is 11.7 Å². The second kappa shape index (κ2) is 8.59. The van der Waals surface area contributed by atoms with E-state index in [4.69, 9.17) is 4.74 Å². The largest absolute Gasteiger partial charge is 0.495 e. The molecule has 0 aliphatic rings. The molecule has 3 aromatic carbocycles. The van der Waals surface area contributed by atoms with Crippen molar-refractivity contribution in [1.29, 1.82) is 0 Å². The molecule has 1 atom stereocenters. The summed E-state index contributed by atoms with van der Waals surface area (Å²) < 4.78 is 5.22. The van der Waals surface area contributed by atoms with Crippen LogP contribution in [0.4, 0.5) is 10.5 Å². The van der Waals surface area contributed by atoms with Crippen molar-refractivity contribution in [2.45, 2.75) is 12.5 Å². The van der Waals surface area contributed by atoms with Crippen molar-refractivity contribution in [2.24, 2.45) is 0 Å². The SMILES string of the molecule is COc1ccccc1NC(=O)NCC(C)(O)c1ccc(-c2ccccc2)cc1. The van der Waals surface area contributed by atoms with Crippen LogP contribution in [0.15, 0.2) is 78.9 Å². The Morgan fingerprint density at radius 2 is 1.54 bits per heavy atom. The summed E-state index contributed by atoms with van der Waals surface area (Å²) in [6.45, 7) is 1.74. The molecule has 0 aliphatic heterocycles. The van der Waals surface area contributed by atoms with Gasteiger partial charge in [-0.25, -0.2) is 4.79 Å². The van der Waals surface area contributed by atoms with Crippen LogP contribution in [0.1, 0.15) is 12.5 Å². The first-order chi connectivity index (χ1) is 13.5. The van der Waals surface area contributed by atoms with E-state index in [2.05, 4.69) is 10.6 Å². The van der Waals surface area contributed by atoms with E-state index in [1.165, 1.54) is 0 Å². The maximum Gasteiger partial charge on any atom is 0.319 e. The topological polar surface area (TPSA) is 70.6 Å². The molecule has 0 bridgehead atoms. The first-order valence-corrected chi connectivity index (χ1v) is 9.06. The van der Waals surface area contributed by atoms with Crippen LogP contribution < -0.4 is 15.4 Å². The van der Waals surface area contributed by atoms with Crippen LogP contribution in [0.3, 0.4) is 0 Å². The fourth-order valence-corrected chi connectivity index (χ4v) is 2.92. The van der Waals surface area contributed by atoms with Gasteiger partial charge in [0.25, 0.3) is 0 Å². The lowest BCUT2D eigenvalue weighted by Gasteiger charge is -2.24. The summed E-state index contributed by atoms with van der Waals surface area (Å²) in [5, 5.41) is 16.2. The summed E-state index contributed by atoms with van der Waals surface area (Å²) in [7, 11) is 1.54. The fourth-order valence-electron chi connectivity index (χ4n) is 2.92. The zero-order valence-corrected chi connectivity index (χ0v) is 16.0. The van der Waals surface area contributed by atoms with Crippen molar-refractivity contribution in [3.63, 3.8) is 0 Å². The van der Waals surface area contributed by atoms with Gasteiger partial charge in [0.2, 0.25) is 0 Å². The van der Waals surface area contributed by atoms with Gasteiger partial charge in [-0.2, -0.15) is 0 Å². The Kier molecular flexibility index (Phi) is 5.96. The molecule has 0 fully saturated rings. The Bertz CT molecular complexity index is 922. The first kappa shape index (κ1) is 19.5. The standard InChI is InChI=1S/C23H24N2O3/c1-23(27,16-24-22(26)25-20-10-6-7-11-21(20)28-2)19-14-12-18(13-15-19)17-8-4-3-5-9-17/h3-15,27H,16H2,1-2H3,(H2,24,25,26). The summed E-state index contributed by atoms with van der Waals surface area (Å²) in [6.07, 6.45) is 0. The highest BCUT2D eigenvalue weighted by atomic mass is 16.5. The first-order valence-electron chi connectivity index (χ1n) is 9.06. The van der Waals surface area contributed by atoms with Crippen molar-refractivity contribution in [3.8, 4) is 16.9 Å². The van der Waals surface area contributed by atoms with E-state index in [-0.39, 0.29) is 6.54 Å². The van der Waals surface area contributed by atoms with Gasteiger partial charge in [-0.15, -0.1) is 0 Å². The van der Waals surface area contributed by atoms with Crippen LogP contribution in [0.25, 0.3) is 11.1 Å². The molecule has 5 heteroatoms. The quantitative estimate of drug-likeness (QED) is 0.597. The third-order valence-electron chi connectivity index (χ3n) is 4.56. The van der Waals surface area contributed by atoms with Gasteiger partial charge >= 0.3 is 6.03 Å². The van der Waals surface area contributed by atoms with Gasteiger partial charge < -0.3 is 20.5 Å². The summed E-state index contributed by atoms with van der Waals surface area (Å²) >= 11 is 0. The van der Waals surface area contributed by atoms with Gasteiger partial charge in [-0.05, 0) is 35.7 Å². The summed E-state index contributed by atoms with van der Waals surface area (Å²) in [5.41, 5.74) is 2.28. The van der Waals surface area contributed by atoms with E-state index in [1.807, 2.05) is 66.7 Å². The number of methoxy groups -OCH3 is 1. The van der Waals surface area contributed by atoms with E-state index in [1.54, 1.807) is 26.2 Å². The summed E-state index contributed by atoms with van der Waals surface area (Å²) in [6, 6.07) is 24.5. The average Bonchev–Trinajstić information content (AvgIpc) is 2.73. The van der Waals surface area contributed by atoms with Gasteiger partial charge in [0.15, 0.2) is 0 Å². The number of rotatable bonds is 6. The lowest BCUT2D eigenvalue weighted by Crippen LogP contribution is -2.40. The fraction of sp³-hybridized carbons (Fsp3) is 0.174. The number of para-hydroxylation sites is 2. The zero-order valence-electron chi connectivity index (χ0n) is 16.0. The zero-order chi connectivity index (χ0) is 20.0. The van der Waals surface area contributed by atoms with Gasteiger partial charge in [-0.3, -0.25) is 0 Å². The molecular formula is C23H24N2O3. The number of nitrogens with one attached hydrogen (secondary N) is 2. The highest BCUT2D eigenvalue weighted by molar-refractivity contribution is 5.90. The van der Waals surface area contributed by atoms with E-state index in [0.29, 0.717) is 11.4 Å². The van der Waals surface area contributed by atoms with Crippen LogP contribution in [-0.2, 0) is 5.60 Å². The summed E-state index contributed by atoms with van der Waals surface area (Å²) in [4.78, 5) is 12.2. The van der Waals surface area contributed by atoms with Gasteiger partial charge in [-0.1, -0.05) is 66.7 Å². The predicted octanol–water partition coefficient (Wildman–Crippen LogP) is 4.39. The molecule has 2 amide bonds. The Hall–Kier alpha value is -3.31. The third-order valence-corrected chi connectivity index (χ3v) is 4.56. The highest BCUT2D eigenvalue weighted by Gasteiger charge is 2.24. The Balaban J connectivity index is 1.62.